The molecule has 0 aliphatic heterocycles. The molecule has 0 bridgehead atoms. The molecule has 16 heavy (non-hydrogen) atoms. The van der Waals surface area contributed by atoms with E-state index in [0.717, 1.165) is 32.1 Å². The van der Waals surface area contributed by atoms with Crippen molar-refractivity contribution in [3.05, 3.63) is 0 Å². The summed E-state index contributed by atoms with van der Waals surface area (Å²) in [6, 6.07) is 0.388. The first kappa shape index (κ1) is 15.3. The van der Waals surface area contributed by atoms with E-state index in [0.29, 0.717) is 18.6 Å². The first-order valence-electron chi connectivity index (χ1n) is 6.71. The standard InChI is InChI=1S/C11H21NO2.C2H6/c1-3-5-6-7-14-11(13)12-10-8-9(10)4-2;1-2/h9-10H,3-8H2,1-2H3,(H,12,13);1-2H3. The van der Waals surface area contributed by atoms with Gasteiger partial charge in [-0.2, -0.15) is 0 Å². The largest absolute Gasteiger partial charge is 0.450 e. The zero-order chi connectivity index (χ0) is 12.4. The molecule has 3 heteroatoms. The molecule has 1 fully saturated rings. The summed E-state index contributed by atoms with van der Waals surface area (Å²) in [5, 5.41) is 2.87. The third kappa shape index (κ3) is 6.70. The minimum atomic E-state index is -0.234. The van der Waals surface area contributed by atoms with Crippen LogP contribution in [0.4, 0.5) is 4.79 Å². The van der Waals surface area contributed by atoms with Crippen LogP contribution in [0.1, 0.15) is 59.8 Å². The second-order valence-electron chi connectivity index (χ2n) is 4.00. The molecule has 0 spiro atoms. The van der Waals surface area contributed by atoms with Crippen LogP contribution in [0.25, 0.3) is 0 Å². The lowest BCUT2D eigenvalue weighted by Gasteiger charge is -2.05. The van der Waals surface area contributed by atoms with Crippen molar-refractivity contribution in [2.45, 2.75) is 65.8 Å². The lowest BCUT2D eigenvalue weighted by atomic mass is 10.3. The Morgan fingerprint density at radius 3 is 2.50 bits per heavy atom. The zero-order valence-corrected chi connectivity index (χ0v) is 11.2. The predicted octanol–water partition coefficient (Wildman–Crippen LogP) is 3.73. The Kier molecular flexibility index (Phi) is 9.06. The van der Waals surface area contributed by atoms with Gasteiger partial charge in [0.1, 0.15) is 0 Å². The molecule has 1 aliphatic rings. The van der Waals surface area contributed by atoms with Gasteiger partial charge in [0.25, 0.3) is 0 Å². The molecule has 0 aromatic heterocycles. The van der Waals surface area contributed by atoms with Gasteiger partial charge < -0.3 is 10.1 Å². The fourth-order valence-electron chi connectivity index (χ4n) is 1.59. The number of ether oxygens (including phenoxy) is 1. The van der Waals surface area contributed by atoms with Gasteiger partial charge in [-0.25, -0.2) is 4.79 Å². The van der Waals surface area contributed by atoms with Crippen LogP contribution in [0.3, 0.4) is 0 Å². The van der Waals surface area contributed by atoms with Crippen LogP contribution in [-0.2, 0) is 4.74 Å². The first-order valence-corrected chi connectivity index (χ1v) is 6.71. The number of nitrogens with one attached hydrogen (secondary N) is 1. The lowest BCUT2D eigenvalue weighted by Crippen LogP contribution is -2.27. The summed E-state index contributed by atoms with van der Waals surface area (Å²) in [6.07, 6.45) is 5.31. The second-order valence-corrected chi connectivity index (χ2v) is 4.00. The van der Waals surface area contributed by atoms with Gasteiger partial charge in [-0.1, -0.05) is 47.0 Å². The van der Waals surface area contributed by atoms with Crippen LogP contribution >= 0.6 is 0 Å². The van der Waals surface area contributed by atoms with Crippen molar-refractivity contribution in [1.82, 2.24) is 5.32 Å². The fourth-order valence-corrected chi connectivity index (χ4v) is 1.59. The number of rotatable bonds is 6. The monoisotopic (exact) mass is 229 g/mol. The summed E-state index contributed by atoms with van der Waals surface area (Å²) < 4.78 is 5.04. The molecule has 2 atom stereocenters. The van der Waals surface area contributed by atoms with Crippen molar-refractivity contribution in [2.24, 2.45) is 5.92 Å². The van der Waals surface area contributed by atoms with Crippen molar-refractivity contribution >= 4 is 6.09 Å². The number of unbranched alkanes of at least 4 members (excludes halogenated alkanes) is 2. The molecule has 1 N–H and O–H groups in total. The minimum Gasteiger partial charge on any atom is -0.450 e. The number of hydrogen-bond donors (Lipinski definition) is 1. The van der Waals surface area contributed by atoms with Crippen LogP contribution in [-0.4, -0.2) is 18.7 Å². The number of amides is 1. The maximum atomic E-state index is 11.2. The van der Waals surface area contributed by atoms with Crippen molar-refractivity contribution < 1.29 is 9.53 Å². The Bertz CT molecular complexity index is 183. The minimum absolute atomic E-state index is 0.234. The lowest BCUT2D eigenvalue weighted by molar-refractivity contribution is 0.143. The number of hydrogen-bond acceptors (Lipinski definition) is 2. The van der Waals surface area contributed by atoms with Crippen LogP contribution in [0.15, 0.2) is 0 Å². The second kappa shape index (κ2) is 9.49. The predicted molar refractivity (Wildman–Crippen MR) is 67.5 cm³/mol. The maximum absolute atomic E-state index is 11.2. The highest BCUT2D eigenvalue weighted by Gasteiger charge is 2.36. The van der Waals surface area contributed by atoms with Crippen LogP contribution in [0, 0.1) is 5.92 Å². The molecule has 0 radical (unpaired) electrons. The van der Waals surface area contributed by atoms with E-state index >= 15 is 0 Å². The number of alkyl carbamates (subject to hydrolysis) is 1. The molecule has 1 rings (SSSR count). The fraction of sp³-hybridized carbons (Fsp3) is 0.923. The van der Waals surface area contributed by atoms with E-state index in [9.17, 15) is 4.79 Å². The summed E-state index contributed by atoms with van der Waals surface area (Å²) in [5.41, 5.74) is 0. The highest BCUT2D eigenvalue weighted by atomic mass is 16.5. The number of carbonyl (C=O) groups excluding carboxylic acids is 1. The van der Waals surface area contributed by atoms with E-state index in [1.165, 1.54) is 0 Å². The third-order valence-corrected chi connectivity index (χ3v) is 2.73. The zero-order valence-electron chi connectivity index (χ0n) is 11.2. The quantitative estimate of drug-likeness (QED) is 0.705. The average Bonchev–Trinajstić information content (AvgIpc) is 3.05. The van der Waals surface area contributed by atoms with E-state index < -0.39 is 0 Å². The van der Waals surface area contributed by atoms with Crippen molar-refractivity contribution in [3.8, 4) is 0 Å². The SMILES string of the molecule is CC.CCCCCOC(=O)NC1CC1CC. The molecule has 0 heterocycles. The van der Waals surface area contributed by atoms with Gasteiger partial charge in [-0.15, -0.1) is 0 Å². The molecule has 3 nitrogen and oxygen atoms in total. The van der Waals surface area contributed by atoms with Gasteiger partial charge in [0.05, 0.1) is 6.61 Å². The highest BCUT2D eigenvalue weighted by Crippen LogP contribution is 2.32. The topological polar surface area (TPSA) is 38.3 Å². The van der Waals surface area contributed by atoms with Crippen molar-refractivity contribution in [3.63, 3.8) is 0 Å². The Morgan fingerprint density at radius 1 is 1.31 bits per heavy atom. The Labute approximate surface area is 99.9 Å². The summed E-state index contributed by atoms with van der Waals surface area (Å²) in [4.78, 5) is 11.2. The van der Waals surface area contributed by atoms with Gasteiger partial charge in [-0.05, 0) is 18.8 Å². The molecule has 0 aromatic carbocycles. The molecule has 1 saturated carbocycles. The summed E-state index contributed by atoms with van der Waals surface area (Å²) in [5.74, 6) is 0.693. The third-order valence-electron chi connectivity index (χ3n) is 2.73. The average molecular weight is 229 g/mol. The van der Waals surface area contributed by atoms with E-state index in [1.807, 2.05) is 13.8 Å². The number of carbonyl (C=O) groups is 1. The maximum Gasteiger partial charge on any atom is 0.407 e. The van der Waals surface area contributed by atoms with Crippen molar-refractivity contribution in [2.75, 3.05) is 6.61 Å². The molecule has 96 valence electrons. The molecule has 1 aliphatic carbocycles. The smallest absolute Gasteiger partial charge is 0.407 e. The van der Waals surface area contributed by atoms with Crippen LogP contribution in [0.2, 0.25) is 0 Å². The van der Waals surface area contributed by atoms with E-state index in [2.05, 4.69) is 19.2 Å². The summed E-state index contributed by atoms with van der Waals surface area (Å²) in [6.45, 7) is 8.85. The van der Waals surface area contributed by atoms with E-state index in [-0.39, 0.29) is 6.09 Å². The Hall–Kier alpha value is -0.730. The van der Waals surface area contributed by atoms with Crippen LogP contribution in [0.5, 0.6) is 0 Å². The normalized spacial score (nSPS) is 21.8. The Morgan fingerprint density at radius 2 is 2.00 bits per heavy atom. The molecular weight excluding hydrogens is 202 g/mol. The van der Waals surface area contributed by atoms with E-state index in [1.54, 1.807) is 0 Å². The van der Waals surface area contributed by atoms with E-state index in [4.69, 9.17) is 4.74 Å². The van der Waals surface area contributed by atoms with Gasteiger partial charge in [0.2, 0.25) is 0 Å². The summed E-state index contributed by atoms with van der Waals surface area (Å²) >= 11 is 0. The van der Waals surface area contributed by atoms with Crippen molar-refractivity contribution in [1.29, 1.82) is 0 Å². The molecule has 0 saturated heterocycles. The molecule has 0 aromatic rings. The molecule has 2 unspecified atom stereocenters. The molecule has 1 amide bonds. The first-order chi connectivity index (χ1) is 7.77. The van der Waals surface area contributed by atoms with Gasteiger partial charge >= 0.3 is 6.09 Å². The van der Waals surface area contributed by atoms with Gasteiger partial charge in [-0.3, -0.25) is 0 Å². The van der Waals surface area contributed by atoms with Crippen LogP contribution < -0.4 is 5.32 Å². The Balaban J connectivity index is 0.00000106. The van der Waals surface area contributed by atoms with Gasteiger partial charge in [0.15, 0.2) is 0 Å². The molecular formula is C13H27NO2. The summed E-state index contributed by atoms with van der Waals surface area (Å²) in [7, 11) is 0. The highest BCUT2D eigenvalue weighted by molar-refractivity contribution is 5.68. The van der Waals surface area contributed by atoms with Gasteiger partial charge in [0, 0.05) is 6.04 Å².